The van der Waals surface area contributed by atoms with Crippen molar-refractivity contribution in [2.45, 2.75) is 19.9 Å². The average molecular weight is 277 g/mol. The van der Waals surface area contributed by atoms with Crippen LogP contribution < -0.4 is 4.74 Å². The van der Waals surface area contributed by atoms with E-state index in [1.807, 2.05) is 26.1 Å². The van der Waals surface area contributed by atoms with Crippen LogP contribution in [0.4, 0.5) is 4.39 Å². The van der Waals surface area contributed by atoms with Crippen LogP contribution in [0.5, 0.6) is 5.75 Å². The summed E-state index contributed by atoms with van der Waals surface area (Å²) in [6.07, 6.45) is 2.40. The van der Waals surface area contributed by atoms with Crippen LogP contribution in [0.3, 0.4) is 0 Å². The Labute approximate surface area is 118 Å². The van der Waals surface area contributed by atoms with Gasteiger partial charge in [-0.25, -0.2) is 4.39 Å². The first-order chi connectivity index (χ1) is 9.69. The van der Waals surface area contributed by atoms with Crippen molar-refractivity contribution in [2.75, 3.05) is 20.2 Å². The van der Waals surface area contributed by atoms with Gasteiger partial charge in [0.2, 0.25) is 0 Å². The third-order valence-corrected chi connectivity index (χ3v) is 3.10. The normalized spacial score (nSPS) is 11.0. The number of rotatable bonds is 7. The number of ether oxygens (including phenoxy) is 1. The molecule has 1 aromatic heterocycles. The van der Waals surface area contributed by atoms with E-state index >= 15 is 0 Å². The van der Waals surface area contributed by atoms with E-state index in [2.05, 4.69) is 15.1 Å². The quantitative estimate of drug-likeness (QED) is 0.846. The zero-order chi connectivity index (χ0) is 14.4. The van der Waals surface area contributed by atoms with E-state index in [1.54, 1.807) is 12.3 Å². The Hall–Kier alpha value is -1.88. The molecule has 0 bridgehead atoms. The fourth-order valence-corrected chi connectivity index (χ4v) is 2.04. The first-order valence-electron chi connectivity index (χ1n) is 6.77. The molecule has 0 aliphatic carbocycles. The lowest BCUT2D eigenvalue weighted by Crippen LogP contribution is -2.21. The molecule has 5 heteroatoms. The third-order valence-electron chi connectivity index (χ3n) is 3.10. The average Bonchev–Trinajstić information content (AvgIpc) is 2.91. The fraction of sp³-hybridized carbons (Fsp3) is 0.400. The monoisotopic (exact) mass is 277 g/mol. The van der Waals surface area contributed by atoms with Crippen molar-refractivity contribution >= 4 is 0 Å². The van der Waals surface area contributed by atoms with E-state index in [4.69, 9.17) is 4.74 Å². The van der Waals surface area contributed by atoms with Crippen LogP contribution in [-0.2, 0) is 13.0 Å². The van der Waals surface area contributed by atoms with E-state index in [1.165, 1.54) is 6.07 Å². The number of benzene rings is 1. The van der Waals surface area contributed by atoms with Gasteiger partial charge in [-0.15, -0.1) is 0 Å². The molecule has 0 fully saturated rings. The summed E-state index contributed by atoms with van der Waals surface area (Å²) in [5, 5.41) is 6.83. The van der Waals surface area contributed by atoms with Gasteiger partial charge >= 0.3 is 0 Å². The molecule has 0 saturated heterocycles. The van der Waals surface area contributed by atoms with Crippen LogP contribution in [0.25, 0.3) is 0 Å². The minimum Gasteiger partial charge on any atom is -0.494 e. The number of nitrogens with one attached hydrogen (secondary N) is 1. The summed E-state index contributed by atoms with van der Waals surface area (Å²) in [7, 11) is 2.01. The highest BCUT2D eigenvalue weighted by Gasteiger charge is 2.07. The number of likely N-dealkylation sites (N-methyl/N-ethyl adjacent to an activating group) is 1. The fourth-order valence-electron chi connectivity index (χ4n) is 2.04. The number of aromatic nitrogens is 2. The maximum atomic E-state index is 13.9. The Bertz CT molecular complexity index is 528. The van der Waals surface area contributed by atoms with Crippen LogP contribution in [0.15, 0.2) is 30.5 Å². The zero-order valence-electron chi connectivity index (χ0n) is 11.9. The van der Waals surface area contributed by atoms with Crippen LogP contribution in [0, 0.1) is 5.82 Å². The van der Waals surface area contributed by atoms with E-state index in [9.17, 15) is 4.39 Å². The van der Waals surface area contributed by atoms with Gasteiger partial charge < -0.3 is 9.64 Å². The SMILES string of the molecule is CCOc1ccc(CCN(C)Cc2ccn[nH]2)c(F)c1. The van der Waals surface area contributed by atoms with Gasteiger partial charge in [0.25, 0.3) is 0 Å². The summed E-state index contributed by atoms with van der Waals surface area (Å²) in [4.78, 5) is 2.13. The van der Waals surface area contributed by atoms with Gasteiger partial charge in [0.1, 0.15) is 11.6 Å². The molecule has 0 amide bonds. The lowest BCUT2D eigenvalue weighted by Gasteiger charge is -2.15. The summed E-state index contributed by atoms with van der Waals surface area (Å²) in [5.41, 5.74) is 1.77. The first kappa shape index (κ1) is 14.5. The molecule has 0 unspecified atom stereocenters. The number of halogens is 1. The number of hydrogen-bond donors (Lipinski definition) is 1. The Balaban J connectivity index is 1.87. The van der Waals surface area contributed by atoms with Crippen molar-refractivity contribution in [1.82, 2.24) is 15.1 Å². The zero-order valence-corrected chi connectivity index (χ0v) is 11.9. The standard InChI is InChI=1S/C15H20FN3O/c1-3-20-14-5-4-12(15(16)10-14)7-9-19(2)11-13-6-8-17-18-13/h4-6,8,10H,3,7,9,11H2,1-2H3,(H,17,18). The van der Waals surface area contributed by atoms with Gasteiger partial charge in [0, 0.05) is 31.0 Å². The predicted octanol–water partition coefficient (Wildman–Crippen LogP) is 2.62. The molecule has 2 rings (SSSR count). The summed E-state index contributed by atoms with van der Waals surface area (Å²) < 4.78 is 19.2. The number of nitrogens with zero attached hydrogens (tertiary/aromatic N) is 2. The van der Waals surface area contributed by atoms with Gasteiger partial charge in [-0.05, 0) is 38.1 Å². The summed E-state index contributed by atoms with van der Waals surface area (Å²) in [6, 6.07) is 7.00. The molecule has 0 radical (unpaired) electrons. The highest BCUT2D eigenvalue weighted by atomic mass is 19.1. The Morgan fingerprint density at radius 3 is 2.85 bits per heavy atom. The van der Waals surface area contributed by atoms with E-state index in [0.717, 1.165) is 18.8 Å². The molecule has 20 heavy (non-hydrogen) atoms. The lowest BCUT2D eigenvalue weighted by atomic mass is 10.1. The lowest BCUT2D eigenvalue weighted by molar-refractivity contribution is 0.324. The molecule has 0 aliphatic heterocycles. The number of hydrogen-bond acceptors (Lipinski definition) is 3. The first-order valence-corrected chi connectivity index (χ1v) is 6.77. The van der Waals surface area contributed by atoms with E-state index in [0.29, 0.717) is 24.3 Å². The van der Waals surface area contributed by atoms with Gasteiger partial charge in [-0.3, -0.25) is 5.10 Å². The van der Waals surface area contributed by atoms with Crippen molar-refractivity contribution in [3.8, 4) is 5.75 Å². The topological polar surface area (TPSA) is 41.1 Å². The predicted molar refractivity (Wildman–Crippen MR) is 76.2 cm³/mol. The van der Waals surface area contributed by atoms with E-state index < -0.39 is 0 Å². The molecule has 0 saturated carbocycles. The molecule has 2 aromatic rings. The van der Waals surface area contributed by atoms with Crippen LogP contribution in [0.1, 0.15) is 18.2 Å². The summed E-state index contributed by atoms with van der Waals surface area (Å²) in [5.74, 6) is 0.380. The van der Waals surface area contributed by atoms with Gasteiger partial charge in [0.05, 0.1) is 6.61 Å². The third kappa shape index (κ3) is 4.06. The highest BCUT2D eigenvalue weighted by molar-refractivity contribution is 5.29. The Kier molecular flexibility index (Phi) is 5.12. The van der Waals surface area contributed by atoms with Crippen molar-refractivity contribution in [3.63, 3.8) is 0 Å². The number of H-pyrrole nitrogens is 1. The molecule has 108 valence electrons. The van der Waals surface area contributed by atoms with Crippen LogP contribution >= 0.6 is 0 Å². The molecule has 1 heterocycles. The minimum atomic E-state index is -0.203. The van der Waals surface area contributed by atoms with Crippen LogP contribution in [0.2, 0.25) is 0 Å². The van der Waals surface area contributed by atoms with Crippen molar-refractivity contribution in [3.05, 3.63) is 47.5 Å². The Morgan fingerprint density at radius 2 is 2.20 bits per heavy atom. The molecular weight excluding hydrogens is 257 g/mol. The largest absolute Gasteiger partial charge is 0.494 e. The van der Waals surface area contributed by atoms with Crippen LogP contribution in [-0.4, -0.2) is 35.3 Å². The summed E-state index contributed by atoms with van der Waals surface area (Å²) >= 11 is 0. The smallest absolute Gasteiger partial charge is 0.130 e. The van der Waals surface area contributed by atoms with Crippen molar-refractivity contribution in [1.29, 1.82) is 0 Å². The molecule has 0 atom stereocenters. The van der Waals surface area contributed by atoms with Gasteiger partial charge in [-0.2, -0.15) is 5.10 Å². The minimum absolute atomic E-state index is 0.203. The maximum Gasteiger partial charge on any atom is 0.130 e. The molecule has 0 aliphatic rings. The second-order valence-corrected chi connectivity index (χ2v) is 4.76. The molecule has 4 nitrogen and oxygen atoms in total. The van der Waals surface area contributed by atoms with Crippen molar-refractivity contribution < 1.29 is 9.13 Å². The molecular formula is C15H20FN3O. The molecule has 0 spiro atoms. The molecule has 1 N–H and O–H groups in total. The maximum absolute atomic E-state index is 13.9. The highest BCUT2D eigenvalue weighted by Crippen LogP contribution is 2.17. The second kappa shape index (κ2) is 7.05. The molecule has 1 aromatic carbocycles. The van der Waals surface area contributed by atoms with E-state index in [-0.39, 0.29) is 5.82 Å². The van der Waals surface area contributed by atoms with Gasteiger partial charge in [-0.1, -0.05) is 6.07 Å². The number of aromatic amines is 1. The second-order valence-electron chi connectivity index (χ2n) is 4.76. The van der Waals surface area contributed by atoms with Crippen molar-refractivity contribution in [2.24, 2.45) is 0 Å². The Morgan fingerprint density at radius 1 is 1.35 bits per heavy atom. The van der Waals surface area contributed by atoms with Gasteiger partial charge in [0.15, 0.2) is 0 Å². The summed E-state index contributed by atoms with van der Waals surface area (Å²) in [6.45, 7) is 3.99.